The molecule has 0 saturated carbocycles. The number of nitrogens with one attached hydrogen (secondary N) is 1. The molecule has 0 aliphatic rings. The fraction of sp³-hybridized carbons (Fsp3) is 1.00. The van der Waals surface area contributed by atoms with E-state index in [4.69, 9.17) is 0 Å². The van der Waals surface area contributed by atoms with Crippen molar-refractivity contribution in [3.8, 4) is 0 Å². The number of quaternary nitrogens is 1. The van der Waals surface area contributed by atoms with Crippen LogP contribution in [0, 0.1) is 0 Å². The first-order valence-corrected chi connectivity index (χ1v) is 6.82. The van der Waals surface area contributed by atoms with Gasteiger partial charge in [0.1, 0.15) is 0 Å². The minimum absolute atomic E-state index is 0. The predicted octanol–water partition coefficient (Wildman–Crippen LogP) is -1.96. The van der Waals surface area contributed by atoms with Gasteiger partial charge in [-0.05, 0) is 0 Å². The van der Waals surface area contributed by atoms with Gasteiger partial charge in [0, 0.05) is 0 Å². The highest BCUT2D eigenvalue weighted by molar-refractivity contribution is 6.73. The Morgan fingerprint density at radius 3 is 1.30 bits per heavy atom. The average Bonchev–Trinajstić information content (AvgIpc) is 1.14. The second kappa shape index (κ2) is 4.03. The average molecular weight is 274 g/mol. The molecule has 0 heterocycles. The molecule has 0 aromatic rings. The zero-order valence-electron chi connectivity index (χ0n) is 7.83. The molecule has 0 radical (unpaired) electrons. The van der Waals surface area contributed by atoms with Crippen molar-refractivity contribution in [2.75, 3.05) is 21.1 Å². The highest BCUT2D eigenvalue weighted by Crippen LogP contribution is 1.97. The molecule has 10 heavy (non-hydrogen) atoms. The third-order valence-corrected chi connectivity index (χ3v) is 2.01. The molecule has 0 aliphatic heterocycles. The minimum atomic E-state index is -1.07. The lowest BCUT2D eigenvalue weighted by Crippen LogP contribution is -3.00. The normalized spacial score (nSPS) is 12.6. The molecule has 0 fully saturated rings. The van der Waals surface area contributed by atoms with Crippen molar-refractivity contribution in [1.29, 1.82) is 0 Å². The number of nitrogens with zero attached hydrogens (tertiary/aromatic N) is 1. The van der Waals surface area contributed by atoms with Crippen LogP contribution in [0.2, 0.25) is 19.6 Å². The minimum Gasteiger partial charge on any atom is -1.00 e. The Morgan fingerprint density at radius 1 is 1.00 bits per heavy atom. The first-order chi connectivity index (χ1) is 3.71. The first kappa shape index (κ1) is 13.5. The van der Waals surface area contributed by atoms with E-state index < -0.39 is 8.24 Å². The van der Waals surface area contributed by atoms with Gasteiger partial charge in [0.25, 0.3) is 0 Å². The summed E-state index contributed by atoms with van der Waals surface area (Å²) in [6.07, 6.45) is 0. The second-order valence-corrected chi connectivity index (χ2v) is 9.10. The molecule has 1 N–H and O–H groups in total. The Kier molecular flexibility index (Phi) is 5.43. The SMILES string of the molecule is C[N+](C)(C)N[Si](C)(C)C.[I-]. The molecular formula is C6H19IN2Si. The molecule has 0 atom stereocenters. The summed E-state index contributed by atoms with van der Waals surface area (Å²) in [6.45, 7) is 6.91. The van der Waals surface area contributed by atoms with E-state index in [9.17, 15) is 0 Å². The van der Waals surface area contributed by atoms with E-state index in [1.165, 1.54) is 0 Å². The predicted molar refractivity (Wildman–Crippen MR) is 44.5 cm³/mol. The number of hydrogen-bond acceptors (Lipinski definition) is 1. The fourth-order valence-electron chi connectivity index (χ4n) is 1.01. The maximum absolute atomic E-state index is 3.53. The van der Waals surface area contributed by atoms with E-state index in [0.717, 1.165) is 4.59 Å². The van der Waals surface area contributed by atoms with Crippen LogP contribution in [-0.4, -0.2) is 34.0 Å². The van der Waals surface area contributed by atoms with E-state index >= 15 is 0 Å². The van der Waals surface area contributed by atoms with E-state index in [0.29, 0.717) is 0 Å². The fourth-order valence-corrected chi connectivity index (χ4v) is 3.02. The quantitative estimate of drug-likeness (QED) is 0.267. The van der Waals surface area contributed by atoms with Gasteiger partial charge < -0.3 is 24.0 Å². The van der Waals surface area contributed by atoms with E-state index in [1.54, 1.807) is 0 Å². The molecule has 0 bridgehead atoms. The highest BCUT2D eigenvalue weighted by Gasteiger charge is 2.21. The Balaban J connectivity index is 0. The van der Waals surface area contributed by atoms with Crippen LogP contribution in [0.5, 0.6) is 0 Å². The van der Waals surface area contributed by atoms with Crippen LogP contribution in [0.1, 0.15) is 0 Å². The number of hydrogen-bond donors (Lipinski definition) is 1. The Hall–Kier alpha value is 0.867. The Morgan fingerprint density at radius 2 is 1.30 bits per heavy atom. The summed E-state index contributed by atoms with van der Waals surface area (Å²) in [6, 6.07) is 0. The molecule has 0 aliphatic carbocycles. The van der Waals surface area contributed by atoms with Gasteiger partial charge in [0.2, 0.25) is 0 Å². The molecule has 0 spiro atoms. The molecule has 0 rings (SSSR count). The van der Waals surface area contributed by atoms with Crippen molar-refractivity contribution in [1.82, 2.24) is 5.09 Å². The van der Waals surface area contributed by atoms with Gasteiger partial charge in [-0.15, -0.1) is 0 Å². The van der Waals surface area contributed by atoms with E-state index in [1.807, 2.05) is 0 Å². The maximum Gasteiger partial charge on any atom is 0.179 e. The van der Waals surface area contributed by atoms with Crippen molar-refractivity contribution in [2.24, 2.45) is 0 Å². The van der Waals surface area contributed by atoms with Crippen LogP contribution in [0.3, 0.4) is 0 Å². The van der Waals surface area contributed by atoms with Gasteiger partial charge >= 0.3 is 0 Å². The van der Waals surface area contributed by atoms with Crippen molar-refractivity contribution >= 4 is 8.24 Å². The Labute approximate surface area is 82.7 Å². The van der Waals surface area contributed by atoms with Crippen LogP contribution in [0.25, 0.3) is 0 Å². The zero-order chi connectivity index (χ0) is 7.71. The summed E-state index contributed by atoms with van der Waals surface area (Å²) < 4.78 is 0.871. The Bertz CT molecular complexity index is 80.9. The summed E-state index contributed by atoms with van der Waals surface area (Å²) in [5.41, 5.74) is 0. The third-order valence-electron chi connectivity index (χ3n) is 0.671. The molecule has 0 aromatic heterocycles. The van der Waals surface area contributed by atoms with Gasteiger partial charge in [0.05, 0.1) is 21.1 Å². The summed E-state index contributed by atoms with van der Waals surface area (Å²) >= 11 is 0. The largest absolute Gasteiger partial charge is 1.00 e. The second-order valence-electron chi connectivity index (χ2n) is 4.37. The molecule has 0 unspecified atom stereocenters. The summed E-state index contributed by atoms with van der Waals surface area (Å²) in [7, 11) is 5.38. The molecule has 0 saturated heterocycles. The summed E-state index contributed by atoms with van der Waals surface area (Å²) in [5, 5.41) is 3.53. The van der Waals surface area contributed by atoms with Crippen molar-refractivity contribution < 1.29 is 28.6 Å². The monoisotopic (exact) mass is 274 g/mol. The van der Waals surface area contributed by atoms with Crippen LogP contribution in [0.4, 0.5) is 0 Å². The zero-order valence-corrected chi connectivity index (χ0v) is 11.0. The van der Waals surface area contributed by atoms with Crippen molar-refractivity contribution in [3.63, 3.8) is 0 Å². The topological polar surface area (TPSA) is 12.0 Å². The van der Waals surface area contributed by atoms with Crippen LogP contribution in [0.15, 0.2) is 0 Å². The number of rotatable bonds is 2. The molecule has 64 valence electrons. The summed E-state index contributed by atoms with van der Waals surface area (Å²) in [4.78, 5) is 0. The van der Waals surface area contributed by atoms with Crippen molar-refractivity contribution in [3.05, 3.63) is 0 Å². The molecular weight excluding hydrogens is 255 g/mol. The third kappa shape index (κ3) is 11.6. The standard InChI is InChI=1S/C6H19N2Si.HI/c1-8(2,3)7-9(4,5)6;/h7H,1-6H3;1H/q+1;/p-1. The van der Waals surface area contributed by atoms with Gasteiger partial charge in [-0.25, -0.2) is 0 Å². The van der Waals surface area contributed by atoms with E-state index in [2.05, 4.69) is 45.9 Å². The van der Waals surface area contributed by atoms with Crippen molar-refractivity contribution in [2.45, 2.75) is 19.6 Å². The smallest absolute Gasteiger partial charge is 0.179 e. The molecule has 2 nitrogen and oxygen atoms in total. The summed E-state index contributed by atoms with van der Waals surface area (Å²) in [5.74, 6) is 0. The van der Waals surface area contributed by atoms with Crippen LogP contribution >= 0.6 is 0 Å². The first-order valence-electron chi connectivity index (χ1n) is 3.32. The van der Waals surface area contributed by atoms with Gasteiger partial charge in [0.15, 0.2) is 8.24 Å². The highest BCUT2D eigenvalue weighted by atomic mass is 127. The number of halogens is 1. The molecule has 4 heteroatoms. The van der Waals surface area contributed by atoms with Gasteiger partial charge in [-0.1, -0.05) is 19.6 Å². The van der Waals surface area contributed by atoms with Gasteiger partial charge in [-0.3, -0.25) is 4.59 Å². The van der Waals surface area contributed by atoms with Crippen LogP contribution < -0.4 is 29.1 Å². The lowest BCUT2D eigenvalue weighted by Gasteiger charge is -2.31. The lowest BCUT2D eigenvalue weighted by atomic mass is 10.9. The van der Waals surface area contributed by atoms with E-state index in [-0.39, 0.29) is 24.0 Å². The van der Waals surface area contributed by atoms with Crippen LogP contribution in [-0.2, 0) is 0 Å². The van der Waals surface area contributed by atoms with Gasteiger partial charge in [-0.2, -0.15) is 5.09 Å². The molecule has 0 amide bonds. The molecule has 0 aromatic carbocycles. The lowest BCUT2D eigenvalue weighted by molar-refractivity contribution is -0.903. The maximum atomic E-state index is 3.53.